The summed E-state index contributed by atoms with van der Waals surface area (Å²) >= 11 is 0. The van der Waals surface area contributed by atoms with E-state index in [1.807, 2.05) is 6.92 Å². The average Bonchev–Trinajstić information content (AvgIpc) is 2.80. The summed E-state index contributed by atoms with van der Waals surface area (Å²) in [6.07, 6.45) is 4.88. The van der Waals surface area contributed by atoms with Crippen LogP contribution >= 0.6 is 0 Å². The number of benzene rings is 2. The third-order valence-corrected chi connectivity index (χ3v) is 6.41. The van der Waals surface area contributed by atoms with Crippen molar-refractivity contribution in [1.82, 2.24) is 4.90 Å². The fraction of sp³-hybridized carbons (Fsp3) is 0.500. The van der Waals surface area contributed by atoms with E-state index in [4.69, 9.17) is 4.74 Å². The lowest BCUT2D eigenvalue weighted by atomic mass is 9.72. The van der Waals surface area contributed by atoms with E-state index in [2.05, 4.69) is 4.90 Å². The zero-order valence-corrected chi connectivity index (χ0v) is 18.7. The maximum atomic E-state index is 13.5. The largest absolute Gasteiger partial charge is 0.466 e. The number of nitrogens with zero attached hydrogens (tertiary/aromatic N) is 1. The van der Waals surface area contributed by atoms with Gasteiger partial charge >= 0.3 is 5.97 Å². The Morgan fingerprint density at radius 3 is 2.00 bits per heavy atom. The van der Waals surface area contributed by atoms with Gasteiger partial charge in [-0.2, -0.15) is 0 Å². The fourth-order valence-electron chi connectivity index (χ4n) is 4.64. The molecule has 1 N–H and O–H groups in total. The minimum atomic E-state index is -1.30. The number of carbonyl (C=O) groups excluding carboxylic acids is 1. The number of hydrogen-bond acceptors (Lipinski definition) is 4. The number of unbranched alkanes of at least 4 members (excludes halogenated alkanes) is 2. The Kier molecular flexibility index (Phi) is 8.76. The molecule has 0 radical (unpaired) electrons. The van der Waals surface area contributed by atoms with Crippen molar-refractivity contribution in [1.29, 1.82) is 0 Å². The van der Waals surface area contributed by atoms with E-state index in [1.54, 1.807) is 24.3 Å². The van der Waals surface area contributed by atoms with Crippen LogP contribution in [-0.2, 0) is 15.1 Å². The number of esters is 1. The van der Waals surface area contributed by atoms with E-state index in [-0.39, 0.29) is 23.5 Å². The van der Waals surface area contributed by atoms with E-state index in [9.17, 15) is 18.7 Å². The highest BCUT2D eigenvalue weighted by Crippen LogP contribution is 2.42. The summed E-state index contributed by atoms with van der Waals surface area (Å²) < 4.78 is 32.0. The van der Waals surface area contributed by atoms with Gasteiger partial charge in [0.25, 0.3) is 0 Å². The Morgan fingerprint density at radius 1 is 0.969 bits per heavy atom. The predicted octanol–water partition coefficient (Wildman–Crippen LogP) is 5.04. The van der Waals surface area contributed by atoms with Gasteiger partial charge < -0.3 is 14.7 Å². The molecule has 3 rings (SSSR count). The van der Waals surface area contributed by atoms with Crippen molar-refractivity contribution < 1.29 is 23.4 Å². The summed E-state index contributed by atoms with van der Waals surface area (Å²) in [5.74, 6) is -0.895. The molecule has 6 heteroatoms. The molecule has 0 spiro atoms. The maximum absolute atomic E-state index is 13.5. The third-order valence-electron chi connectivity index (χ3n) is 6.41. The molecular formula is C26H33F2NO3. The van der Waals surface area contributed by atoms with E-state index in [1.165, 1.54) is 24.3 Å². The zero-order valence-electron chi connectivity index (χ0n) is 18.7. The summed E-state index contributed by atoms with van der Waals surface area (Å²) in [6.45, 7) is 4.91. The van der Waals surface area contributed by atoms with Gasteiger partial charge in [0.05, 0.1) is 6.61 Å². The lowest BCUT2D eigenvalue weighted by Gasteiger charge is -2.42. The second-order valence-electron chi connectivity index (χ2n) is 8.51. The van der Waals surface area contributed by atoms with Crippen LogP contribution in [-0.4, -0.2) is 42.2 Å². The lowest BCUT2D eigenvalue weighted by Crippen LogP contribution is -2.44. The van der Waals surface area contributed by atoms with Gasteiger partial charge in [-0.05, 0) is 93.6 Å². The van der Waals surface area contributed by atoms with Gasteiger partial charge in [0.1, 0.15) is 17.2 Å². The van der Waals surface area contributed by atoms with Gasteiger partial charge in [0, 0.05) is 6.42 Å². The molecule has 0 unspecified atom stereocenters. The van der Waals surface area contributed by atoms with Gasteiger partial charge in [0.15, 0.2) is 0 Å². The van der Waals surface area contributed by atoms with Crippen LogP contribution in [0.1, 0.15) is 56.6 Å². The molecule has 1 heterocycles. The van der Waals surface area contributed by atoms with Crippen LogP contribution in [0.2, 0.25) is 0 Å². The van der Waals surface area contributed by atoms with Gasteiger partial charge in [0.2, 0.25) is 0 Å². The highest BCUT2D eigenvalue weighted by Gasteiger charge is 2.41. The van der Waals surface area contributed by atoms with Crippen molar-refractivity contribution in [2.45, 2.75) is 51.0 Å². The number of carbonyl (C=O) groups is 1. The van der Waals surface area contributed by atoms with Crippen LogP contribution in [0.5, 0.6) is 0 Å². The van der Waals surface area contributed by atoms with E-state index in [0.29, 0.717) is 24.2 Å². The quantitative estimate of drug-likeness (QED) is 0.411. The Hall–Kier alpha value is -2.31. The maximum Gasteiger partial charge on any atom is 0.305 e. The summed E-state index contributed by atoms with van der Waals surface area (Å²) in [5.41, 5.74) is -0.0431. The SMILES string of the molecule is CCOC(=O)CCCCCN1CCC(C(O)(c2ccc(F)cc2)c2ccc(F)cc2)CC1. The van der Waals surface area contributed by atoms with Crippen molar-refractivity contribution in [3.05, 3.63) is 71.3 Å². The van der Waals surface area contributed by atoms with Crippen molar-refractivity contribution in [3.8, 4) is 0 Å². The molecule has 1 aliphatic rings. The second kappa shape index (κ2) is 11.5. The van der Waals surface area contributed by atoms with Crippen LogP contribution in [0.25, 0.3) is 0 Å². The van der Waals surface area contributed by atoms with Crippen molar-refractivity contribution >= 4 is 5.97 Å². The van der Waals surface area contributed by atoms with Gasteiger partial charge in [-0.3, -0.25) is 4.79 Å². The number of piperidine rings is 1. The Labute approximate surface area is 189 Å². The predicted molar refractivity (Wildman–Crippen MR) is 120 cm³/mol. The second-order valence-corrected chi connectivity index (χ2v) is 8.51. The zero-order chi connectivity index (χ0) is 23.0. The van der Waals surface area contributed by atoms with E-state index in [0.717, 1.165) is 51.7 Å². The summed E-state index contributed by atoms with van der Waals surface area (Å²) in [5, 5.41) is 11.9. The Balaban J connectivity index is 1.59. The molecule has 0 saturated carbocycles. The van der Waals surface area contributed by atoms with Crippen LogP contribution in [0.15, 0.2) is 48.5 Å². The van der Waals surface area contributed by atoms with Crippen LogP contribution in [0.4, 0.5) is 8.78 Å². The minimum Gasteiger partial charge on any atom is -0.466 e. The topological polar surface area (TPSA) is 49.8 Å². The molecule has 1 fully saturated rings. The highest BCUT2D eigenvalue weighted by atomic mass is 19.1. The number of halogens is 2. The summed E-state index contributed by atoms with van der Waals surface area (Å²) in [6, 6.07) is 11.9. The molecule has 0 aromatic heterocycles. The summed E-state index contributed by atoms with van der Waals surface area (Å²) in [4.78, 5) is 13.8. The minimum absolute atomic E-state index is 0.0570. The van der Waals surface area contributed by atoms with Crippen LogP contribution in [0.3, 0.4) is 0 Å². The first-order valence-corrected chi connectivity index (χ1v) is 11.6. The van der Waals surface area contributed by atoms with Crippen LogP contribution in [0, 0.1) is 17.6 Å². The van der Waals surface area contributed by atoms with Crippen LogP contribution < -0.4 is 0 Å². The highest BCUT2D eigenvalue weighted by molar-refractivity contribution is 5.69. The molecule has 0 amide bonds. The van der Waals surface area contributed by atoms with Gasteiger partial charge in [-0.15, -0.1) is 0 Å². The molecule has 1 aliphatic heterocycles. The fourth-order valence-corrected chi connectivity index (χ4v) is 4.64. The van der Waals surface area contributed by atoms with E-state index >= 15 is 0 Å². The number of aliphatic hydroxyl groups is 1. The Morgan fingerprint density at radius 2 is 1.50 bits per heavy atom. The van der Waals surface area contributed by atoms with E-state index < -0.39 is 5.60 Å². The van der Waals surface area contributed by atoms with Gasteiger partial charge in [-0.1, -0.05) is 30.7 Å². The normalized spacial score (nSPS) is 15.6. The molecule has 4 nitrogen and oxygen atoms in total. The standard InChI is InChI=1S/C26H33F2NO3/c1-2-32-25(30)6-4-3-5-17-29-18-15-22(16-19-29)26(31,20-7-11-23(27)12-8-20)21-9-13-24(28)14-10-21/h7-14,22,31H,2-6,15-19H2,1H3. The molecule has 0 aliphatic carbocycles. The van der Waals surface area contributed by atoms with Crippen molar-refractivity contribution in [2.24, 2.45) is 5.92 Å². The van der Waals surface area contributed by atoms with Gasteiger partial charge in [-0.25, -0.2) is 8.78 Å². The number of ether oxygens (including phenoxy) is 1. The first-order valence-electron chi connectivity index (χ1n) is 11.6. The first kappa shape index (κ1) is 24.3. The average molecular weight is 446 g/mol. The molecular weight excluding hydrogens is 412 g/mol. The van der Waals surface area contributed by atoms with Crippen molar-refractivity contribution in [2.75, 3.05) is 26.2 Å². The third kappa shape index (κ3) is 6.14. The monoisotopic (exact) mass is 445 g/mol. The molecule has 2 aromatic rings. The molecule has 32 heavy (non-hydrogen) atoms. The smallest absolute Gasteiger partial charge is 0.305 e. The molecule has 2 aromatic carbocycles. The van der Waals surface area contributed by atoms with Crippen molar-refractivity contribution in [3.63, 3.8) is 0 Å². The Bertz CT molecular complexity index is 801. The number of hydrogen-bond donors (Lipinski definition) is 1. The molecule has 174 valence electrons. The number of likely N-dealkylation sites (tertiary alicyclic amines) is 1. The molecule has 0 bridgehead atoms. The summed E-state index contributed by atoms with van der Waals surface area (Å²) in [7, 11) is 0. The molecule has 1 saturated heterocycles. The number of rotatable bonds is 10. The molecule has 0 atom stereocenters. The lowest BCUT2D eigenvalue weighted by molar-refractivity contribution is -0.143. The first-order chi connectivity index (χ1) is 15.4.